The molecule has 5 unspecified atom stereocenters. The van der Waals surface area contributed by atoms with Crippen molar-refractivity contribution >= 4 is 12.0 Å². The highest BCUT2D eigenvalue weighted by Crippen LogP contribution is 2.48. The fourth-order valence-electron chi connectivity index (χ4n) is 4.26. The van der Waals surface area contributed by atoms with Crippen LogP contribution in [0.15, 0.2) is 0 Å². The number of carboxylic acids is 1. The minimum Gasteiger partial charge on any atom is -0.481 e. The van der Waals surface area contributed by atoms with Crippen LogP contribution in [0, 0.1) is 23.7 Å². The van der Waals surface area contributed by atoms with Crippen LogP contribution < -0.4 is 10.6 Å². The molecule has 1 heterocycles. The molecule has 0 aromatic heterocycles. The maximum absolute atomic E-state index is 12.0. The summed E-state index contributed by atoms with van der Waals surface area (Å²) in [7, 11) is 0. The first-order valence-electron chi connectivity index (χ1n) is 8.00. The first kappa shape index (κ1) is 14.6. The van der Waals surface area contributed by atoms with Gasteiger partial charge in [-0.05, 0) is 49.9 Å². The summed E-state index contributed by atoms with van der Waals surface area (Å²) in [6, 6.07) is -0.422. The van der Waals surface area contributed by atoms with E-state index in [0.717, 1.165) is 45.3 Å². The van der Waals surface area contributed by atoms with Gasteiger partial charge in [-0.3, -0.25) is 4.79 Å². The third-order valence-electron chi connectivity index (χ3n) is 5.36. The first-order chi connectivity index (χ1) is 10.1. The number of carbonyl (C=O) groups excluding carboxylic acids is 1. The lowest BCUT2D eigenvalue weighted by molar-refractivity contribution is -0.144. The number of rotatable bonds is 5. The van der Waals surface area contributed by atoms with Gasteiger partial charge in [0.2, 0.25) is 0 Å². The molecule has 6 heteroatoms. The van der Waals surface area contributed by atoms with E-state index in [2.05, 4.69) is 10.6 Å². The molecular weight excluding hydrogens is 272 g/mol. The summed E-state index contributed by atoms with van der Waals surface area (Å²) in [5.74, 6) is -0.0496. The highest BCUT2D eigenvalue weighted by Gasteiger charge is 2.51. The Kier molecular flexibility index (Phi) is 4.33. The van der Waals surface area contributed by atoms with E-state index in [4.69, 9.17) is 4.74 Å². The summed E-state index contributed by atoms with van der Waals surface area (Å²) in [5.41, 5.74) is 0. The predicted molar refractivity (Wildman–Crippen MR) is 75.8 cm³/mol. The molecule has 3 rings (SSSR count). The van der Waals surface area contributed by atoms with E-state index in [1.165, 1.54) is 0 Å². The average Bonchev–Trinajstić information content (AvgIpc) is 3.14. The van der Waals surface area contributed by atoms with Crippen LogP contribution in [0.1, 0.15) is 32.1 Å². The van der Waals surface area contributed by atoms with E-state index in [1.807, 2.05) is 0 Å². The zero-order valence-corrected chi connectivity index (χ0v) is 12.2. The number of carboxylic acid groups (broad SMARTS) is 1. The van der Waals surface area contributed by atoms with Crippen molar-refractivity contribution in [3.8, 4) is 0 Å². The van der Waals surface area contributed by atoms with Crippen LogP contribution in [0.4, 0.5) is 4.79 Å². The number of ether oxygens (including phenoxy) is 1. The Morgan fingerprint density at radius 3 is 2.71 bits per heavy atom. The smallest absolute Gasteiger partial charge is 0.315 e. The van der Waals surface area contributed by atoms with Gasteiger partial charge in [0, 0.05) is 25.8 Å². The normalized spacial score (nSPS) is 37.6. The second-order valence-corrected chi connectivity index (χ2v) is 6.64. The summed E-state index contributed by atoms with van der Waals surface area (Å²) in [6.45, 7) is 2.23. The number of hydrogen-bond acceptors (Lipinski definition) is 3. The van der Waals surface area contributed by atoms with Gasteiger partial charge in [0.15, 0.2) is 0 Å². The maximum Gasteiger partial charge on any atom is 0.315 e. The van der Waals surface area contributed by atoms with Gasteiger partial charge in [-0.2, -0.15) is 0 Å². The van der Waals surface area contributed by atoms with Gasteiger partial charge < -0.3 is 20.5 Å². The Bertz CT molecular complexity index is 408. The van der Waals surface area contributed by atoms with Crippen molar-refractivity contribution in [1.82, 2.24) is 10.6 Å². The molecule has 118 valence electrons. The Morgan fingerprint density at radius 1 is 1.19 bits per heavy atom. The van der Waals surface area contributed by atoms with Crippen LogP contribution in [0.5, 0.6) is 0 Å². The number of amides is 2. The summed E-state index contributed by atoms with van der Waals surface area (Å²) in [6.07, 6.45) is 4.96. The predicted octanol–water partition coefficient (Wildman–Crippen LogP) is 1.21. The molecule has 2 bridgehead atoms. The molecule has 0 aromatic rings. The largest absolute Gasteiger partial charge is 0.481 e. The van der Waals surface area contributed by atoms with Crippen molar-refractivity contribution in [2.75, 3.05) is 19.8 Å². The van der Waals surface area contributed by atoms with Crippen molar-refractivity contribution in [2.45, 2.75) is 38.1 Å². The zero-order chi connectivity index (χ0) is 14.8. The van der Waals surface area contributed by atoms with Crippen LogP contribution in [0.25, 0.3) is 0 Å². The van der Waals surface area contributed by atoms with Crippen molar-refractivity contribution in [3.63, 3.8) is 0 Å². The fraction of sp³-hybridized carbons (Fsp3) is 0.867. The number of nitrogens with one attached hydrogen (secondary N) is 2. The van der Waals surface area contributed by atoms with Gasteiger partial charge in [-0.15, -0.1) is 0 Å². The van der Waals surface area contributed by atoms with Gasteiger partial charge in [-0.25, -0.2) is 4.79 Å². The molecular formula is C15H24N2O4. The van der Waals surface area contributed by atoms with Crippen LogP contribution >= 0.6 is 0 Å². The summed E-state index contributed by atoms with van der Waals surface area (Å²) in [5, 5.41) is 15.1. The second kappa shape index (κ2) is 6.22. The van der Waals surface area contributed by atoms with E-state index in [9.17, 15) is 14.7 Å². The fourth-order valence-corrected chi connectivity index (χ4v) is 4.26. The van der Waals surface area contributed by atoms with Crippen LogP contribution in [0.2, 0.25) is 0 Å². The Balaban J connectivity index is 1.44. The van der Waals surface area contributed by atoms with E-state index in [0.29, 0.717) is 18.4 Å². The third kappa shape index (κ3) is 3.15. The molecule has 3 N–H and O–H groups in total. The van der Waals surface area contributed by atoms with Crippen molar-refractivity contribution in [2.24, 2.45) is 23.7 Å². The van der Waals surface area contributed by atoms with Gasteiger partial charge in [0.05, 0.1) is 5.92 Å². The zero-order valence-electron chi connectivity index (χ0n) is 12.2. The number of carbonyl (C=O) groups is 2. The number of hydrogen-bond donors (Lipinski definition) is 3. The van der Waals surface area contributed by atoms with E-state index >= 15 is 0 Å². The molecule has 3 aliphatic rings. The summed E-state index contributed by atoms with van der Waals surface area (Å²) < 4.78 is 5.30. The van der Waals surface area contributed by atoms with E-state index < -0.39 is 11.9 Å². The highest BCUT2D eigenvalue weighted by atomic mass is 16.5. The topological polar surface area (TPSA) is 87.7 Å². The van der Waals surface area contributed by atoms with Gasteiger partial charge in [0.1, 0.15) is 0 Å². The molecule has 0 spiro atoms. The highest BCUT2D eigenvalue weighted by molar-refractivity contribution is 5.77. The summed E-state index contributed by atoms with van der Waals surface area (Å²) in [4.78, 5) is 23.4. The Labute approximate surface area is 124 Å². The Hall–Kier alpha value is -1.30. The first-order valence-corrected chi connectivity index (χ1v) is 8.00. The minimum absolute atomic E-state index is 0.198. The molecule has 5 atom stereocenters. The van der Waals surface area contributed by atoms with Gasteiger partial charge in [-0.1, -0.05) is 0 Å². The molecule has 21 heavy (non-hydrogen) atoms. The minimum atomic E-state index is -0.768. The molecule has 2 aliphatic carbocycles. The molecule has 1 aliphatic heterocycles. The lowest BCUT2D eigenvalue weighted by Crippen LogP contribution is -2.50. The van der Waals surface area contributed by atoms with Crippen LogP contribution in [-0.4, -0.2) is 42.9 Å². The van der Waals surface area contributed by atoms with Crippen LogP contribution in [0.3, 0.4) is 0 Å². The lowest BCUT2D eigenvalue weighted by Gasteiger charge is -2.28. The monoisotopic (exact) mass is 296 g/mol. The molecule has 1 saturated heterocycles. The second-order valence-electron chi connectivity index (χ2n) is 6.64. The number of fused-ring (bicyclic) bond motifs is 2. The lowest BCUT2D eigenvalue weighted by atomic mass is 9.84. The molecule has 0 radical (unpaired) electrons. The number of aliphatic carboxylic acids is 1. The van der Waals surface area contributed by atoms with E-state index in [-0.39, 0.29) is 18.0 Å². The summed E-state index contributed by atoms with van der Waals surface area (Å²) >= 11 is 0. The van der Waals surface area contributed by atoms with Crippen LogP contribution in [-0.2, 0) is 9.53 Å². The Morgan fingerprint density at radius 2 is 2.00 bits per heavy atom. The standard InChI is InChI=1S/C15H24N2O4/c18-14(19)12-10-1-2-11(7-10)13(12)17-15(20)16-5-3-9-4-6-21-8-9/h9-13H,1-8H2,(H,18,19)(H2,16,17,20). The molecule has 0 aromatic carbocycles. The average molecular weight is 296 g/mol. The number of urea groups is 1. The van der Waals surface area contributed by atoms with Crippen molar-refractivity contribution in [1.29, 1.82) is 0 Å². The quantitative estimate of drug-likeness (QED) is 0.711. The van der Waals surface area contributed by atoms with Crippen molar-refractivity contribution in [3.05, 3.63) is 0 Å². The molecule has 6 nitrogen and oxygen atoms in total. The maximum atomic E-state index is 12.0. The van der Waals surface area contributed by atoms with Gasteiger partial charge >= 0.3 is 12.0 Å². The van der Waals surface area contributed by atoms with Crippen molar-refractivity contribution < 1.29 is 19.4 Å². The molecule has 2 amide bonds. The van der Waals surface area contributed by atoms with E-state index in [1.54, 1.807) is 0 Å². The SMILES string of the molecule is O=C(NCCC1CCOC1)NC1C2CCC(C2)C1C(=O)O. The molecule has 3 fully saturated rings. The van der Waals surface area contributed by atoms with Gasteiger partial charge in [0.25, 0.3) is 0 Å². The third-order valence-corrected chi connectivity index (χ3v) is 5.36. The molecule has 2 saturated carbocycles.